The highest BCUT2D eigenvalue weighted by molar-refractivity contribution is 7.89. The molecule has 162 valence electrons. The highest BCUT2D eigenvalue weighted by atomic mass is 32.2. The maximum atomic E-state index is 12.9. The van der Waals surface area contributed by atoms with Crippen LogP contribution in [0.3, 0.4) is 0 Å². The van der Waals surface area contributed by atoms with Gasteiger partial charge in [0.25, 0.3) is 5.91 Å². The maximum absolute atomic E-state index is 12.9. The van der Waals surface area contributed by atoms with E-state index < -0.39 is 10.0 Å². The Morgan fingerprint density at radius 3 is 2.32 bits per heavy atom. The van der Waals surface area contributed by atoms with Crippen molar-refractivity contribution in [3.8, 4) is 11.5 Å². The Bertz CT molecular complexity index is 1150. The van der Waals surface area contributed by atoms with Crippen LogP contribution in [-0.4, -0.2) is 41.3 Å². The summed E-state index contributed by atoms with van der Waals surface area (Å²) in [6.07, 6.45) is 7.54. The fourth-order valence-electron chi connectivity index (χ4n) is 3.50. The normalized spacial score (nSPS) is 14.9. The van der Waals surface area contributed by atoms with Gasteiger partial charge in [-0.05, 0) is 55.3 Å². The Hall–Kier alpha value is -3.17. The number of piperidine rings is 1. The summed E-state index contributed by atoms with van der Waals surface area (Å²) >= 11 is 0. The van der Waals surface area contributed by atoms with Crippen molar-refractivity contribution in [1.82, 2.24) is 13.9 Å². The van der Waals surface area contributed by atoms with Gasteiger partial charge in [-0.1, -0.05) is 6.42 Å². The summed E-state index contributed by atoms with van der Waals surface area (Å²) in [5.74, 6) is 0.904. The van der Waals surface area contributed by atoms with Crippen molar-refractivity contribution in [1.29, 1.82) is 0 Å². The molecule has 0 aliphatic carbocycles. The topological polar surface area (TPSA) is 93.5 Å². The van der Waals surface area contributed by atoms with Crippen LogP contribution in [0, 0.1) is 0 Å². The second-order valence-electron chi connectivity index (χ2n) is 7.40. The summed E-state index contributed by atoms with van der Waals surface area (Å²) in [4.78, 5) is 16.8. The van der Waals surface area contributed by atoms with Crippen LogP contribution in [0.15, 0.2) is 66.0 Å². The molecule has 3 heterocycles. The third-order valence-electron chi connectivity index (χ3n) is 5.16. The predicted molar refractivity (Wildman–Crippen MR) is 117 cm³/mol. The quantitative estimate of drug-likeness (QED) is 0.632. The molecule has 1 aromatic carbocycles. The first-order chi connectivity index (χ1) is 14.9. The first kappa shape index (κ1) is 21.1. The molecule has 4 rings (SSSR count). The van der Waals surface area contributed by atoms with E-state index in [2.05, 4.69) is 10.3 Å². The summed E-state index contributed by atoms with van der Waals surface area (Å²) in [6.45, 7) is 1.04. The number of aromatic nitrogens is 2. The molecule has 0 radical (unpaired) electrons. The zero-order chi connectivity index (χ0) is 21.8. The summed E-state index contributed by atoms with van der Waals surface area (Å²) in [6, 6.07) is 11.9. The average molecular weight is 441 g/mol. The van der Waals surface area contributed by atoms with Crippen LogP contribution in [0.5, 0.6) is 11.5 Å². The summed E-state index contributed by atoms with van der Waals surface area (Å²) in [5, 5.41) is 2.80. The Balaban J connectivity index is 1.45. The van der Waals surface area contributed by atoms with Gasteiger partial charge in [0.15, 0.2) is 0 Å². The van der Waals surface area contributed by atoms with Gasteiger partial charge in [-0.2, -0.15) is 4.31 Å². The number of amides is 1. The number of nitrogens with one attached hydrogen (secondary N) is 1. The Labute approximate surface area is 181 Å². The van der Waals surface area contributed by atoms with Crippen LogP contribution in [0.1, 0.15) is 29.8 Å². The molecule has 31 heavy (non-hydrogen) atoms. The van der Waals surface area contributed by atoms with E-state index in [4.69, 9.17) is 4.74 Å². The lowest BCUT2D eigenvalue weighted by Crippen LogP contribution is -2.35. The second kappa shape index (κ2) is 8.91. The smallest absolute Gasteiger partial charge is 0.272 e. The lowest BCUT2D eigenvalue weighted by Gasteiger charge is -2.25. The van der Waals surface area contributed by atoms with E-state index in [1.165, 1.54) is 21.1 Å². The largest absolute Gasteiger partial charge is 0.457 e. The number of pyridine rings is 1. The van der Waals surface area contributed by atoms with Crippen LogP contribution in [0.4, 0.5) is 5.69 Å². The molecule has 3 aromatic rings. The van der Waals surface area contributed by atoms with Gasteiger partial charge >= 0.3 is 0 Å². The van der Waals surface area contributed by atoms with Gasteiger partial charge in [0.1, 0.15) is 22.1 Å². The van der Waals surface area contributed by atoms with Crippen molar-refractivity contribution in [3.63, 3.8) is 0 Å². The van der Waals surface area contributed by atoms with Crippen LogP contribution in [0.25, 0.3) is 0 Å². The zero-order valence-electron chi connectivity index (χ0n) is 17.2. The van der Waals surface area contributed by atoms with Crippen molar-refractivity contribution in [3.05, 3.63) is 66.7 Å². The minimum atomic E-state index is -3.59. The molecule has 1 aliphatic rings. The molecule has 0 spiro atoms. The maximum Gasteiger partial charge on any atom is 0.272 e. The molecular weight excluding hydrogens is 416 g/mol. The third-order valence-corrected chi connectivity index (χ3v) is 7.03. The summed E-state index contributed by atoms with van der Waals surface area (Å²) in [7, 11) is -1.93. The Morgan fingerprint density at radius 2 is 1.65 bits per heavy atom. The molecule has 0 unspecified atom stereocenters. The fourth-order valence-corrected chi connectivity index (χ4v) is 5.09. The Morgan fingerprint density at radius 1 is 1.00 bits per heavy atom. The van der Waals surface area contributed by atoms with Crippen molar-refractivity contribution in [2.75, 3.05) is 18.4 Å². The average Bonchev–Trinajstić information content (AvgIpc) is 3.19. The van der Waals surface area contributed by atoms with E-state index in [0.717, 1.165) is 19.3 Å². The van der Waals surface area contributed by atoms with Crippen molar-refractivity contribution < 1.29 is 17.9 Å². The van der Waals surface area contributed by atoms with E-state index in [1.54, 1.807) is 55.8 Å². The summed E-state index contributed by atoms with van der Waals surface area (Å²) < 4.78 is 34.5. The number of hydrogen-bond acceptors (Lipinski definition) is 5. The first-order valence-corrected chi connectivity index (χ1v) is 11.5. The van der Waals surface area contributed by atoms with Gasteiger partial charge in [-0.3, -0.25) is 9.78 Å². The molecule has 0 bridgehead atoms. The summed E-state index contributed by atoms with van der Waals surface area (Å²) in [5.41, 5.74) is 0.849. The number of carbonyl (C=O) groups excluding carboxylic acids is 1. The standard InChI is InChI=1S/C22H24N4O4S/c1-25-16-20(31(28,29)26-13-3-2-4-14-26)15-21(25)22(27)24-17-5-7-18(8-6-17)30-19-9-11-23-12-10-19/h5-12,15-16H,2-4,13-14H2,1H3,(H,24,27). The zero-order valence-corrected chi connectivity index (χ0v) is 18.0. The molecule has 1 aliphatic heterocycles. The first-order valence-electron chi connectivity index (χ1n) is 10.1. The number of nitrogens with zero attached hydrogens (tertiary/aromatic N) is 3. The molecule has 1 fully saturated rings. The van der Waals surface area contributed by atoms with Gasteiger partial charge in [-0.15, -0.1) is 0 Å². The predicted octanol–water partition coefficient (Wildman–Crippen LogP) is 3.64. The number of ether oxygens (including phenoxy) is 1. The Kier molecular flexibility index (Phi) is 6.06. The highest BCUT2D eigenvalue weighted by Gasteiger charge is 2.28. The van der Waals surface area contributed by atoms with E-state index in [9.17, 15) is 13.2 Å². The number of hydrogen-bond donors (Lipinski definition) is 1. The monoisotopic (exact) mass is 440 g/mol. The fraction of sp³-hybridized carbons (Fsp3) is 0.273. The van der Waals surface area contributed by atoms with Gasteiger partial charge in [0.05, 0.1) is 0 Å². The molecule has 2 aromatic heterocycles. The van der Waals surface area contributed by atoms with Gasteiger partial charge in [0, 0.05) is 44.4 Å². The number of anilines is 1. The van der Waals surface area contributed by atoms with Gasteiger partial charge in [0.2, 0.25) is 10.0 Å². The van der Waals surface area contributed by atoms with Gasteiger partial charge < -0.3 is 14.6 Å². The molecular formula is C22H24N4O4S. The molecule has 1 saturated heterocycles. The lowest BCUT2D eigenvalue weighted by atomic mass is 10.2. The number of sulfonamides is 1. The lowest BCUT2D eigenvalue weighted by molar-refractivity contribution is 0.101. The molecule has 1 amide bonds. The molecule has 0 atom stereocenters. The number of carbonyl (C=O) groups is 1. The van der Waals surface area contributed by atoms with Crippen LogP contribution < -0.4 is 10.1 Å². The molecule has 9 heteroatoms. The van der Waals surface area contributed by atoms with Gasteiger partial charge in [-0.25, -0.2) is 8.42 Å². The molecule has 8 nitrogen and oxygen atoms in total. The second-order valence-corrected chi connectivity index (χ2v) is 9.34. The van der Waals surface area contributed by atoms with Crippen LogP contribution >= 0.6 is 0 Å². The number of rotatable bonds is 6. The minimum Gasteiger partial charge on any atom is -0.457 e. The SMILES string of the molecule is Cn1cc(S(=O)(=O)N2CCCCC2)cc1C(=O)Nc1ccc(Oc2ccncc2)cc1. The van der Waals surface area contributed by atoms with Crippen LogP contribution in [-0.2, 0) is 17.1 Å². The molecule has 1 N–H and O–H groups in total. The minimum absolute atomic E-state index is 0.142. The van der Waals surface area contributed by atoms with Crippen molar-refractivity contribution in [2.45, 2.75) is 24.2 Å². The van der Waals surface area contributed by atoms with E-state index in [-0.39, 0.29) is 16.5 Å². The van der Waals surface area contributed by atoms with E-state index >= 15 is 0 Å². The third kappa shape index (κ3) is 4.78. The van der Waals surface area contributed by atoms with E-state index in [1.807, 2.05) is 0 Å². The van der Waals surface area contributed by atoms with E-state index in [0.29, 0.717) is 30.3 Å². The van der Waals surface area contributed by atoms with Crippen molar-refractivity contribution >= 4 is 21.6 Å². The van der Waals surface area contributed by atoms with Crippen LogP contribution in [0.2, 0.25) is 0 Å². The van der Waals surface area contributed by atoms with Crippen molar-refractivity contribution in [2.24, 2.45) is 7.05 Å². The molecule has 0 saturated carbocycles. The number of benzene rings is 1. The highest BCUT2D eigenvalue weighted by Crippen LogP contribution is 2.24. The number of aryl methyl sites for hydroxylation is 1.